The molecule has 2 amide bonds. The molecule has 0 radical (unpaired) electrons. The molecule has 160 valence electrons. The molecule has 0 saturated heterocycles. The van der Waals surface area contributed by atoms with Gasteiger partial charge in [0.1, 0.15) is 24.5 Å². The number of esters is 1. The summed E-state index contributed by atoms with van der Waals surface area (Å²) in [6, 6.07) is 7.28. The summed E-state index contributed by atoms with van der Waals surface area (Å²) in [6.45, 7) is 5.32. The van der Waals surface area contributed by atoms with E-state index in [1.807, 2.05) is 30.3 Å². The topological polar surface area (TPSA) is 111 Å². The molecule has 0 aliphatic rings. The molecule has 2 atom stereocenters. The van der Waals surface area contributed by atoms with Crippen LogP contribution in [0.3, 0.4) is 0 Å². The molecular weight excluding hydrogens is 376 g/mol. The van der Waals surface area contributed by atoms with E-state index in [0.29, 0.717) is 6.42 Å². The lowest BCUT2D eigenvalue weighted by molar-refractivity contribution is -0.145. The summed E-state index contributed by atoms with van der Waals surface area (Å²) in [4.78, 5) is 48.3. The second kappa shape index (κ2) is 12.5. The van der Waals surface area contributed by atoms with E-state index >= 15 is 0 Å². The maximum atomic E-state index is 12.7. The maximum absolute atomic E-state index is 12.7. The fourth-order valence-corrected chi connectivity index (χ4v) is 2.56. The van der Waals surface area contributed by atoms with Crippen molar-refractivity contribution in [2.45, 2.75) is 58.7 Å². The van der Waals surface area contributed by atoms with Crippen molar-refractivity contribution < 1.29 is 28.7 Å². The Kier molecular flexibility index (Phi) is 10.4. The second-order valence-corrected chi connectivity index (χ2v) is 6.94. The smallest absolute Gasteiger partial charge is 0.408 e. The summed E-state index contributed by atoms with van der Waals surface area (Å²) < 4.78 is 9.87. The van der Waals surface area contributed by atoms with Crippen LogP contribution in [0.15, 0.2) is 30.3 Å². The number of ether oxygens (including phenoxy) is 2. The Bertz CT molecular complexity index is 690. The van der Waals surface area contributed by atoms with Crippen LogP contribution in [0, 0.1) is 5.92 Å². The zero-order chi connectivity index (χ0) is 21.8. The highest BCUT2D eigenvalue weighted by Gasteiger charge is 2.29. The molecule has 2 N–H and O–H groups in total. The molecule has 0 spiro atoms. The van der Waals surface area contributed by atoms with E-state index in [1.54, 1.807) is 20.8 Å². The normalized spacial score (nSPS) is 12.6. The number of nitrogens with one attached hydrogen (secondary N) is 2. The van der Waals surface area contributed by atoms with Gasteiger partial charge in [-0.1, -0.05) is 51.1 Å². The molecule has 0 fully saturated rings. The molecule has 1 aromatic carbocycles. The Hall–Kier alpha value is -2.90. The van der Waals surface area contributed by atoms with Gasteiger partial charge in [0.2, 0.25) is 5.91 Å². The first-order valence-electron chi connectivity index (χ1n) is 9.65. The minimum absolute atomic E-state index is 0.0174. The maximum Gasteiger partial charge on any atom is 0.408 e. The molecule has 1 rings (SSSR count). The van der Waals surface area contributed by atoms with Crippen LogP contribution in [0.5, 0.6) is 0 Å². The first kappa shape index (κ1) is 24.1. The van der Waals surface area contributed by atoms with Gasteiger partial charge in [-0.2, -0.15) is 0 Å². The number of Topliss-reactive ketones (excluding diaryl/α,β-unsaturated/α-hetero) is 1. The van der Waals surface area contributed by atoms with Crippen LogP contribution in [0.4, 0.5) is 4.79 Å². The molecule has 0 saturated carbocycles. The van der Waals surface area contributed by atoms with Crippen molar-refractivity contribution in [1.29, 1.82) is 0 Å². The van der Waals surface area contributed by atoms with Crippen LogP contribution >= 0.6 is 0 Å². The molecule has 8 nitrogen and oxygen atoms in total. The highest BCUT2D eigenvalue weighted by atomic mass is 16.5. The molecule has 0 heterocycles. The van der Waals surface area contributed by atoms with Gasteiger partial charge in [-0.15, -0.1) is 0 Å². The third-order valence-corrected chi connectivity index (χ3v) is 4.34. The van der Waals surface area contributed by atoms with Crippen molar-refractivity contribution in [2.75, 3.05) is 7.11 Å². The number of ketones is 1. The van der Waals surface area contributed by atoms with Crippen LogP contribution in [-0.4, -0.2) is 42.9 Å². The number of hydrogen-bond donors (Lipinski definition) is 2. The number of carbonyl (C=O) groups is 4. The molecule has 1 aromatic rings. The minimum atomic E-state index is -0.966. The Morgan fingerprint density at radius 1 is 1.03 bits per heavy atom. The number of carbonyl (C=O) groups excluding carboxylic acids is 4. The van der Waals surface area contributed by atoms with E-state index in [4.69, 9.17) is 9.47 Å². The van der Waals surface area contributed by atoms with Crippen molar-refractivity contribution in [3.05, 3.63) is 35.9 Å². The average molecular weight is 406 g/mol. The number of hydrogen-bond acceptors (Lipinski definition) is 6. The summed E-state index contributed by atoms with van der Waals surface area (Å²) >= 11 is 0. The van der Waals surface area contributed by atoms with Crippen molar-refractivity contribution in [3.63, 3.8) is 0 Å². The minimum Gasteiger partial charge on any atom is -0.467 e. The van der Waals surface area contributed by atoms with Gasteiger partial charge in [0.25, 0.3) is 0 Å². The summed E-state index contributed by atoms with van der Waals surface area (Å²) in [6.07, 6.45) is -0.104. The Balaban J connectivity index is 2.69. The predicted octanol–water partition coefficient (Wildman–Crippen LogP) is 2.35. The van der Waals surface area contributed by atoms with Crippen molar-refractivity contribution in [3.8, 4) is 0 Å². The molecular formula is C21H30N2O6. The van der Waals surface area contributed by atoms with Crippen LogP contribution in [0.2, 0.25) is 0 Å². The van der Waals surface area contributed by atoms with Gasteiger partial charge in [-0.25, -0.2) is 9.59 Å². The van der Waals surface area contributed by atoms with Crippen molar-refractivity contribution in [2.24, 2.45) is 5.92 Å². The Morgan fingerprint density at radius 2 is 1.69 bits per heavy atom. The fourth-order valence-electron chi connectivity index (χ4n) is 2.56. The number of rotatable bonds is 11. The van der Waals surface area contributed by atoms with Gasteiger partial charge >= 0.3 is 12.1 Å². The lowest BCUT2D eigenvalue weighted by Gasteiger charge is -2.24. The van der Waals surface area contributed by atoms with E-state index in [-0.39, 0.29) is 31.1 Å². The number of alkyl carbamates (subject to hydrolysis) is 1. The van der Waals surface area contributed by atoms with Crippen molar-refractivity contribution >= 4 is 23.8 Å². The summed E-state index contributed by atoms with van der Waals surface area (Å²) in [7, 11) is 1.21. The zero-order valence-electron chi connectivity index (χ0n) is 17.4. The van der Waals surface area contributed by atoms with E-state index in [0.717, 1.165) is 5.56 Å². The quantitative estimate of drug-likeness (QED) is 0.546. The SMILES string of the molecule is CCC(=O)CC[C@@H](NC(=O)[C@@H](NC(=O)OCc1ccccc1)C(C)C)C(=O)OC. The van der Waals surface area contributed by atoms with E-state index in [9.17, 15) is 19.2 Å². The lowest BCUT2D eigenvalue weighted by Crippen LogP contribution is -2.54. The molecule has 0 aliphatic heterocycles. The third-order valence-electron chi connectivity index (χ3n) is 4.34. The standard InChI is InChI=1S/C21H30N2O6/c1-5-16(24)11-12-17(20(26)28-4)22-19(25)18(14(2)3)23-21(27)29-13-15-9-7-6-8-10-15/h6-10,14,17-18H,5,11-13H2,1-4H3,(H,22,25)(H,23,27)/t17-,18+/m1/s1. The Labute approximate surface area is 171 Å². The van der Waals surface area contributed by atoms with E-state index in [2.05, 4.69) is 10.6 Å². The number of benzene rings is 1. The van der Waals surface area contributed by atoms with Gasteiger partial charge < -0.3 is 20.1 Å². The molecule has 0 unspecified atom stereocenters. The summed E-state index contributed by atoms with van der Waals surface area (Å²) in [5.41, 5.74) is 0.819. The largest absolute Gasteiger partial charge is 0.467 e. The van der Waals surface area contributed by atoms with E-state index in [1.165, 1.54) is 7.11 Å². The molecule has 0 aromatic heterocycles. The molecule has 0 bridgehead atoms. The van der Waals surface area contributed by atoms with Gasteiger partial charge in [0.05, 0.1) is 7.11 Å². The van der Waals surface area contributed by atoms with Gasteiger partial charge in [-0.3, -0.25) is 9.59 Å². The van der Waals surface area contributed by atoms with E-state index < -0.39 is 30.1 Å². The summed E-state index contributed by atoms with van der Waals surface area (Å²) in [5.74, 6) is -1.46. The lowest BCUT2D eigenvalue weighted by atomic mass is 10.0. The average Bonchev–Trinajstić information content (AvgIpc) is 2.72. The molecule has 0 aliphatic carbocycles. The van der Waals surface area contributed by atoms with Crippen LogP contribution < -0.4 is 10.6 Å². The van der Waals surface area contributed by atoms with Crippen LogP contribution in [0.25, 0.3) is 0 Å². The van der Waals surface area contributed by atoms with Gasteiger partial charge in [-0.05, 0) is 17.9 Å². The first-order valence-corrected chi connectivity index (χ1v) is 9.65. The van der Waals surface area contributed by atoms with Gasteiger partial charge in [0, 0.05) is 12.8 Å². The molecule has 8 heteroatoms. The van der Waals surface area contributed by atoms with Gasteiger partial charge in [0.15, 0.2) is 0 Å². The number of methoxy groups -OCH3 is 1. The molecule has 29 heavy (non-hydrogen) atoms. The Morgan fingerprint density at radius 3 is 2.24 bits per heavy atom. The first-order chi connectivity index (χ1) is 13.8. The highest BCUT2D eigenvalue weighted by molar-refractivity contribution is 5.90. The summed E-state index contributed by atoms with van der Waals surface area (Å²) in [5, 5.41) is 5.10. The van der Waals surface area contributed by atoms with Crippen LogP contribution in [0.1, 0.15) is 45.6 Å². The third kappa shape index (κ3) is 8.76. The second-order valence-electron chi connectivity index (χ2n) is 6.94. The van der Waals surface area contributed by atoms with Crippen molar-refractivity contribution in [1.82, 2.24) is 10.6 Å². The predicted molar refractivity (Wildman–Crippen MR) is 107 cm³/mol. The number of amides is 2. The van der Waals surface area contributed by atoms with Crippen LogP contribution in [-0.2, 0) is 30.5 Å². The fraction of sp³-hybridized carbons (Fsp3) is 0.524. The monoisotopic (exact) mass is 406 g/mol. The zero-order valence-corrected chi connectivity index (χ0v) is 17.4. The highest BCUT2D eigenvalue weighted by Crippen LogP contribution is 2.08.